The number of aliphatic hydroxyl groups excluding tert-OH is 1. The summed E-state index contributed by atoms with van der Waals surface area (Å²) >= 11 is 0. The number of hydrogen-bond acceptors (Lipinski definition) is 3. The first-order valence-electron chi connectivity index (χ1n) is 4.00. The molecule has 0 bridgehead atoms. The molecule has 0 spiro atoms. The van der Waals surface area contributed by atoms with Crippen molar-refractivity contribution in [3.63, 3.8) is 0 Å². The lowest BCUT2D eigenvalue weighted by atomic mass is 10.1. The summed E-state index contributed by atoms with van der Waals surface area (Å²) in [6.45, 7) is 5.27. The highest BCUT2D eigenvalue weighted by Gasteiger charge is 2.25. The average molecular weight is 160 g/mol. The van der Waals surface area contributed by atoms with Gasteiger partial charge in [-0.2, -0.15) is 0 Å². The molecule has 66 valence electrons. The van der Waals surface area contributed by atoms with Crippen LogP contribution in [0.5, 0.6) is 0 Å². The Morgan fingerprint density at radius 3 is 2.82 bits per heavy atom. The van der Waals surface area contributed by atoms with E-state index in [1.807, 2.05) is 13.8 Å². The van der Waals surface area contributed by atoms with Crippen LogP contribution in [0.3, 0.4) is 0 Å². The van der Waals surface area contributed by atoms with Gasteiger partial charge in [-0.15, -0.1) is 0 Å². The molecule has 1 saturated heterocycles. The van der Waals surface area contributed by atoms with Crippen LogP contribution in [0.15, 0.2) is 0 Å². The molecule has 11 heavy (non-hydrogen) atoms. The van der Waals surface area contributed by atoms with Crippen LogP contribution in [0.4, 0.5) is 0 Å². The first kappa shape index (κ1) is 8.97. The second kappa shape index (κ2) is 3.52. The largest absolute Gasteiger partial charge is 0.393 e. The molecule has 3 heteroatoms. The van der Waals surface area contributed by atoms with Crippen LogP contribution in [0, 0.1) is 0 Å². The molecule has 3 nitrogen and oxygen atoms in total. The zero-order valence-electron chi connectivity index (χ0n) is 7.17. The zero-order chi connectivity index (χ0) is 8.32. The van der Waals surface area contributed by atoms with Crippen molar-refractivity contribution in [2.24, 2.45) is 0 Å². The predicted octanol–water partition coefficient (Wildman–Crippen LogP) is 0.563. The molecule has 1 fully saturated rings. The maximum absolute atomic E-state index is 8.89. The van der Waals surface area contributed by atoms with Crippen molar-refractivity contribution in [2.75, 3.05) is 19.8 Å². The highest BCUT2D eigenvalue weighted by molar-refractivity contribution is 4.72. The molecule has 0 saturated carbocycles. The van der Waals surface area contributed by atoms with Crippen LogP contribution >= 0.6 is 0 Å². The van der Waals surface area contributed by atoms with E-state index in [-0.39, 0.29) is 12.7 Å². The van der Waals surface area contributed by atoms with Crippen molar-refractivity contribution in [2.45, 2.75) is 32.0 Å². The molecule has 0 aromatic carbocycles. The van der Waals surface area contributed by atoms with Crippen LogP contribution in [0.25, 0.3) is 0 Å². The Bertz CT molecular complexity index is 117. The molecule has 1 heterocycles. The number of hydrogen-bond donors (Lipinski definition) is 1. The third-order valence-electron chi connectivity index (χ3n) is 1.75. The topological polar surface area (TPSA) is 38.7 Å². The van der Waals surface area contributed by atoms with Crippen LogP contribution in [-0.4, -0.2) is 36.6 Å². The molecule has 0 amide bonds. The molecule has 0 aromatic heterocycles. The number of ether oxygens (including phenoxy) is 2. The third-order valence-corrected chi connectivity index (χ3v) is 1.75. The lowest BCUT2D eigenvalue weighted by Gasteiger charge is -2.25. The summed E-state index contributed by atoms with van der Waals surface area (Å²) in [6, 6.07) is 0. The summed E-state index contributed by atoms with van der Waals surface area (Å²) in [4.78, 5) is 0. The van der Waals surface area contributed by atoms with Gasteiger partial charge in [-0.25, -0.2) is 0 Å². The highest BCUT2D eigenvalue weighted by Crippen LogP contribution is 2.17. The minimum absolute atomic E-state index is 0.0590. The quantitative estimate of drug-likeness (QED) is 0.655. The number of rotatable bonds is 3. The minimum Gasteiger partial charge on any atom is -0.393 e. The average Bonchev–Trinajstić information content (AvgIpc) is 2.39. The highest BCUT2D eigenvalue weighted by atomic mass is 16.6. The molecular weight excluding hydrogens is 144 g/mol. The first-order valence-corrected chi connectivity index (χ1v) is 4.00. The van der Waals surface area contributed by atoms with E-state index in [0.29, 0.717) is 6.61 Å². The lowest BCUT2D eigenvalue weighted by Crippen LogP contribution is -2.34. The fourth-order valence-corrected chi connectivity index (χ4v) is 1.09. The van der Waals surface area contributed by atoms with Gasteiger partial charge in [-0.1, -0.05) is 0 Å². The van der Waals surface area contributed by atoms with E-state index in [1.54, 1.807) is 0 Å². The van der Waals surface area contributed by atoms with E-state index in [4.69, 9.17) is 14.6 Å². The van der Waals surface area contributed by atoms with Crippen molar-refractivity contribution < 1.29 is 14.6 Å². The van der Waals surface area contributed by atoms with Crippen molar-refractivity contribution in [1.29, 1.82) is 0 Å². The van der Waals surface area contributed by atoms with Crippen molar-refractivity contribution in [3.05, 3.63) is 0 Å². The van der Waals surface area contributed by atoms with Crippen molar-refractivity contribution in [1.82, 2.24) is 0 Å². The molecule has 0 radical (unpaired) electrons. The van der Waals surface area contributed by atoms with Gasteiger partial charge in [0, 0.05) is 6.61 Å². The zero-order valence-corrected chi connectivity index (χ0v) is 7.17. The van der Waals surface area contributed by atoms with Gasteiger partial charge in [-0.3, -0.25) is 0 Å². The van der Waals surface area contributed by atoms with Gasteiger partial charge >= 0.3 is 0 Å². The van der Waals surface area contributed by atoms with E-state index in [0.717, 1.165) is 13.0 Å². The summed E-state index contributed by atoms with van der Waals surface area (Å²) in [5, 5.41) is 8.89. The fraction of sp³-hybridized carbons (Fsp3) is 1.00. The van der Waals surface area contributed by atoms with E-state index < -0.39 is 5.60 Å². The summed E-state index contributed by atoms with van der Waals surface area (Å²) in [7, 11) is 0. The van der Waals surface area contributed by atoms with Gasteiger partial charge in [0.2, 0.25) is 0 Å². The Balaban J connectivity index is 2.28. The second-order valence-corrected chi connectivity index (χ2v) is 3.52. The minimum atomic E-state index is -0.418. The smallest absolute Gasteiger partial charge is 0.0861 e. The second-order valence-electron chi connectivity index (χ2n) is 3.52. The summed E-state index contributed by atoms with van der Waals surface area (Å²) < 4.78 is 10.7. The van der Waals surface area contributed by atoms with E-state index in [9.17, 15) is 0 Å². The number of aliphatic hydroxyl groups is 1. The van der Waals surface area contributed by atoms with Crippen LogP contribution in [0.2, 0.25) is 0 Å². The maximum atomic E-state index is 8.89. The van der Waals surface area contributed by atoms with E-state index in [1.165, 1.54) is 0 Å². The first-order chi connectivity index (χ1) is 5.14. The molecule has 1 N–H and O–H groups in total. The molecule has 0 aromatic rings. The van der Waals surface area contributed by atoms with Crippen molar-refractivity contribution >= 4 is 0 Å². The molecule has 1 atom stereocenters. The SMILES string of the molecule is CC(C)(CO)OC1CCOC1. The van der Waals surface area contributed by atoms with Gasteiger partial charge in [0.1, 0.15) is 0 Å². The van der Waals surface area contributed by atoms with Crippen LogP contribution in [0.1, 0.15) is 20.3 Å². The van der Waals surface area contributed by atoms with E-state index in [2.05, 4.69) is 0 Å². The van der Waals surface area contributed by atoms with Gasteiger partial charge < -0.3 is 14.6 Å². The summed E-state index contributed by atoms with van der Waals surface area (Å²) in [5.74, 6) is 0. The van der Waals surface area contributed by atoms with Crippen molar-refractivity contribution in [3.8, 4) is 0 Å². The lowest BCUT2D eigenvalue weighted by molar-refractivity contribution is -0.0972. The third kappa shape index (κ3) is 2.77. The molecule has 1 aliphatic rings. The van der Waals surface area contributed by atoms with Gasteiger partial charge in [-0.05, 0) is 20.3 Å². The molecule has 1 unspecified atom stereocenters. The van der Waals surface area contributed by atoms with Gasteiger partial charge in [0.05, 0.1) is 24.9 Å². The summed E-state index contributed by atoms with van der Waals surface area (Å²) in [6.07, 6.45) is 1.13. The summed E-state index contributed by atoms with van der Waals surface area (Å²) in [5.41, 5.74) is -0.418. The maximum Gasteiger partial charge on any atom is 0.0861 e. The fourth-order valence-electron chi connectivity index (χ4n) is 1.09. The standard InChI is InChI=1S/C8H16O3/c1-8(2,6-9)11-7-3-4-10-5-7/h7,9H,3-6H2,1-2H3. The van der Waals surface area contributed by atoms with E-state index >= 15 is 0 Å². The van der Waals surface area contributed by atoms with Gasteiger partial charge in [0.15, 0.2) is 0 Å². The Morgan fingerprint density at radius 1 is 1.64 bits per heavy atom. The predicted molar refractivity (Wildman–Crippen MR) is 41.5 cm³/mol. The Labute approximate surface area is 67.3 Å². The normalized spacial score (nSPS) is 25.9. The molecule has 1 aliphatic heterocycles. The molecule has 1 rings (SSSR count). The Hall–Kier alpha value is -0.120. The Morgan fingerprint density at radius 2 is 2.36 bits per heavy atom. The molecule has 0 aliphatic carbocycles. The monoisotopic (exact) mass is 160 g/mol. The van der Waals surface area contributed by atoms with Crippen LogP contribution < -0.4 is 0 Å². The Kier molecular flexibility index (Phi) is 2.87. The van der Waals surface area contributed by atoms with Gasteiger partial charge in [0.25, 0.3) is 0 Å². The van der Waals surface area contributed by atoms with Crippen LogP contribution in [-0.2, 0) is 9.47 Å². The molecular formula is C8H16O3.